The van der Waals surface area contributed by atoms with Crippen molar-refractivity contribution in [3.8, 4) is 11.3 Å². The number of hydrogen-bond donors (Lipinski definition) is 0. The van der Waals surface area contributed by atoms with E-state index in [1.807, 2.05) is 12.1 Å². The Labute approximate surface area is 107 Å². The molecule has 0 atom stereocenters. The number of pyridine rings is 1. The lowest BCUT2D eigenvalue weighted by Gasteiger charge is -2.06. The van der Waals surface area contributed by atoms with Crippen molar-refractivity contribution in [2.45, 2.75) is 13.8 Å². The molecular formula is C17H15N. The fourth-order valence-electron chi connectivity index (χ4n) is 2.35. The predicted octanol–water partition coefficient (Wildman–Crippen LogP) is 4.52. The van der Waals surface area contributed by atoms with E-state index < -0.39 is 0 Å². The van der Waals surface area contributed by atoms with E-state index >= 15 is 0 Å². The lowest BCUT2D eigenvalue weighted by Crippen LogP contribution is -1.87. The summed E-state index contributed by atoms with van der Waals surface area (Å²) in [5.74, 6) is 0. The second-order valence-corrected chi connectivity index (χ2v) is 4.77. The summed E-state index contributed by atoms with van der Waals surface area (Å²) < 4.78 is 0. The van der Waals surface area contributed by atoms with Crippen molar-refractivity contribution < 1.29 is 0 Å². The lowest BCUT2D eigenvalue weighted by molar-refractivity contribution is 1.34. The van der Waals surface area contributed by atoms with E-state index in [1.165, 1.54) is 22.1 Å². The van der Waals surface area contributed by atoms with Gasteiger partial charge in [0, 0.05) is 10.9 Å². The Balaban J connectivity index is 2.19. The molecule has 0 unspecified atom stereocenters. The van der Waals surface area contributed by atoms with Gasteiger partial charge in [0.25, 0.3) is 0 Å². The summed E-state index contributed by atoms with van der Waals surface area (Å²) >= 11 is 0. The molecule has 0 spiro atoms. The van der Waals surface area contributed by atoms with Gasteiger partial charge >= 0.3 is 0 Å². The Morgan fingerprint density at radius 1 is 0.778 bits per heavy atom. The molecule has 1 heteroatoms. The van der Waals surface area contributed by atoms with Crippen molar-refractivity contribution in [1.82, 2.24) is 4.98 Å². The summed E-state index contributed by atoms with van der Waals surface area (Å²) in [5, 5.41) is 1.19. The molecular weight excluding hydrogens is 218 g/mol. The first-order valence-corrected chi connectivity index (χ1v) is 6.17. The Morgan fingerprint density at radius 3 is 2.28 bits per heavy atom. The van der Waals surface area contributed by atoms with Crippen LogP contribution >= 0.6 is 0 Å². The molecule has 0 N–H and O–H groups in total. The van der Waals surface area contributed by atoms with Crippen LogP contribution in [0.2, 0.25) is 0 Å². The number of benzene rings is 2. The SMILES string of the molecule is Cc1cc(C)cc(-c2ccc3ccccc3n2)c1. The zero-order chi connectivity index (χ0) is 12.5. The largest absolute Gasteiger partial charge is 0.248 e. The van der Waals surface area contributed by atoms with E-state index in [0.29, 0.717) is 0 Å². The van der Waals surface area contributed by atoms with Crippen molar-refractivity contribution >= 4 is 10.9 Å². The van der Waals surface area contributed by atoms with Crippen molar-refractivity contribution in [3.05, 3.63) is 65.7 Å². The van der Waals surface area contributed by atoms with Crippen molar-refractivity contribution in [2.24, 2.45) is 0 Å². The zero-order valence-electron chi connectivity index (χ0n) is 10.6. The average molecular weight is 233 g/mol. The molecule has 0 bridgehead atoms. The van der Waals surface area contributed by atoms with E-state index in [-0.39, 0.29) is 0 Å². The molecule has 1 heterocycles. The minimum atomic E-state index is 1.04. The molecule has 88 valence electrons. The maximum atomic E-state index is 4.73. The van der Waals surface area contributed by atoms with Crippen LogP contribution < -0.4 is 0 Å². The third-order valence-electron chi connectivity index (χ3n) is 3.12. The Bertz CT molecular complexity index is 693. The molecule has 0 aliphatic carbocycles. The average Bonchev–Trinajstić information content (AvgIpc) is 2.37. The summed E-state index contributed by atoms with van der Waals surface area (Å²) in [4.78, 5) is 4.73. The van der Waals surface area contributed by atoms with Crippen LogP contribution in [0.15, 0.2) is 54.6 Å². The normalized spacial score (nSPS) is 10.8. The monoisotopic (exact) mass is 233 g/mol. The number of aromatic nitrogens is 1. The van der Waals surface area contributed by atoms with Gasteiger partial charge in [-0.1, -0.05) is 41.5 Å². The molecule has 18 heavy (non-hydrogen) atoms. The molecule has 0 aliphatic heterocycles. The number of aryl methyl sites for hydroxylation is 2. The van der Waals surface area contributed by atoms with Gasteiger partial charge < -0.3 is 0 Å². The molecule has 0 radical (unpaired) electrons. The van der Waals surface area contributed by atoms with Crippen LogP contribution in [0.5, 0.6) is 0 Å². The molecule has 0 aliphatic rings. The van der Waals surface area contributed by atoms with Crippen LogP contribution in [0.25, 0.3) is 22.2 Å². The summed E-state index contributed by atoms with van der Waals surface area (Å²) in [7, 11) is 0. The second-order valence-electron chi connectivity index (χ2n) is 4.77. The van der Waals surface area contributed by atoms with Crippen molar-refractivity contribution in [1.29, 1.82) is 0 Å². The quantitative estimate of drug-likeness (QED) is 0.602. The fourth-order valence-corrected chi connectivity index (χ4v) is 2.35. The zero-order valence-corrected chi connectivity index (χ0v) is 10.6. The maximum Gasteiger partial charge on any atom is 0.0709 e. The number of rotatable bonds is 1. The van der Waals surface area contributed by atoms with E-state index in [0.717, 1.165) is 11.2 Å². The van der Waals surface area contributed by atoms with Gasteiger partial charge in [0.1, 0.15) is 0 Å². The van der Waals surface area contributed by atoms with E-state index in [1.54, 1.807) is 0 Å². The van der Waals surface area contributed by atoms with Crippen LogP contribution in [0.1, 0.15) is 11.1 Å². The number of nitrogens with zero attached hydrogens (tertiary/aromatic N) is 1. The molecule has 0 saturated heterocycles. The number of fused-ring (bicyclic) bond motifs is 1. The topological polar surface area (TPSA) is 12.9 Å². The molecule has 3 aromatic rings. The first-order valence-electron chi connectivity index (χ1n) is 6.17. The standard InChI is InChI=1S/C17H15N/c1-12-9-13(2)11-15(10-12)17-8-7-14-5-3-4-6-16(14)18-17/h3-11H,1-2H3. The van der Waals surface area contributed by atoms with Crippen LogP contribution in [-0.2, 0) is 0 Å². The Kier molecular flexibility index (Phi) is 2.60. The number of para-hydroxylation sites is 1. The van der Waals surface area contributed by atoms with Gasteiger partial charge in [0.05, 0.1) is 11.2 Å². The van der Waals surface area contributed by atoms with Gasteiger partial charge in [-0.25, -0.2) is 4.98 Å². The summed E-state index contributed by atoms with van der Waals surface area (Å²) in [6, 6.07) is 19.0. The predicted molar refractivity (Wildman–Crippen MR) is 76.7 cm³/mol. The van der Waals surface area contributed by atoms with E-state index in [4.69, 9.17) is 4.98 Å². The van der Waals surface area contributed by atoms with Crippen LogP contribution in [0.3, 0.4) is 0 Å². The third-order valence-corrected chi connectivity index (χ3v) is 3.12. The van der Waals surface area contributed by atoms with E-state index in [2.05, 4.69) is 56.3 Å². The highest BCUT2D eigenvalue weighted by Gasteiger charge is 2.02. The molecule has 0 fully saturated rings. The van der Waals surface area contributed by atoms with Crippen LogP contribution in [-0.4, -0.2) is 4.98 Å². The summed E-state index contributed by atoms with van der Waals surface area (Å²) in [6.07, 6.45) is 0. The third kappa shape index (κ3) is 2.00. The van der Waals surface area contributed by atoms with Gasteiger partial charge in [0.15, 0.2) is 0 Å². The number of hydrogen-bond acceptors (Lipinski definition) is 1. The highest BCUT2D eigenvalue weighted by Crippen LogP contribution is 2.23. The summed E-state index contributed by atoms with van der Waals surface area (Å²) in [5.41, 5.74) is 5.84. The van der Waals surface area contributed by atoms with Gasteiger partial charge in [-0.2, -0.15) is 0 Å². The van der Waals surface area contributed by atoms with Crippen molar-refractivity contribution in [3.63, 3.8) is 0 Å². The van der Waals surface area contributed by atoms with Gasteiger partial charge in [0.2, 0.25) is 0 Å². The Hall–Kier alpha value is -2.15. The van der Waals surface area contributed by atoms with E-state index in [9.17, 15) is 0 Å². The van der Waals surface area contributed by atoms with Gasteiger partial charge in [-0.05, 0) is 38.1 Å². The van der Waals surface area contributed by atoms with Crippen molar-refractivity contribution in [2.75, 3.05) is 0 Å². The highest BCUT2D eigenvalue weighted by atomic mass is 14.7. The molecule has 1 nitrogen and oxygen atoms in total. The summed E-state index contributed by atoms with van der Waals surface area (Å²) in [6.45, 7) is 4.25. The molecule has 3 rings (SSSR count). The van der Waals surface area contributed by atoms with Gasteiger partial charge in [-0.15, -0.1) is 0 Å². The molecule has 0 saturated carbocycles. The first kappa shape index (κ1) is 11.0. The minimum Gasteiger partial charge on any atom is -0.248 e. The lowest BCUT2D eigenvalue weighted by atomic mass is 10.0. The van der Waals surface area contributed by atoms with Gasteiger partial charge in [-0.3, -0.25) is 0 Å². The first-order chi connectivity index (χ1) is 8.72. The van der Waals surface area contributed by atoms with Crippen LogP contribution in [0.4, 0.5) is 0 Å². The molecule has 0 amide bonds. The minimum absolute atomic E-state index is 1.04. The molecule has 2 aromatic carbocycles. The fraction of sp³-hybridized carbons (Fsp3) is 0.118. The van der Waals surface area contributed by atoms with Crippen LogP contribution in [0, 0.1) is 13.8 Å². The molecule has 1 aromatic heterocycles. The maximum absolute atomic E-state index is 4.73. The second kappa shape index (κ2) is 4.26. The Morgan fingerprint density at radius 2 is 1.50 bits per heavy atom. The smallest absolute Gasteiger partial charge is 0.0709 e. The highest BCUT2D eigenvalue weighted by molar-refractivity contribution is 5.81.